The predicted octanol–water partition coefficient (Wildman–Crippen LogP) is 1.56. The average molecular weight is 250 g/mol. The molecule has 1 fully saturated rings. The molecule has 0 saturated carbocycles. The fraction of sp³-hybridized carbons (Fsp3) is 0.385. The number of halogens is 1. The van der Waals surface area contributed by atoms with Gasteiger partial charge in [0.25, 0.3) is 5.91 Å². The van der Waals surface area contributed by atoms with E-state index in [1.54, 1.807) is 0 Å². The van der Waals surface area contributed by atoms with Crippen LogP contribution in [-0.4, -0.2) is 35.0 Å². The van der Waals surface area contributed by atoms with Crippen molar-refractivity contribution in [2.24, 2.45) is 5.92 Å². The summed E-state index contributed by atoms with van der Waals surface area (Å²) >= 11 is 0. The molecule has 0 spiro atoms. The number of aliphatic carboxylic acids is 1. The standard InChI is InChI=1S/C13H13FNO3/c14-11-5-1-3-9(7-11)12(16)15-6-2-4-10(8-15)13(17)18/h1,3,7,10H,2,4,6,8H2,(H,17,18). The zero-order valence-corrected chi connectivity index (χ0v) is 9.73. The lowest BCUT2D eigenvalue weighted by Crippen LogP contribution is -2.42. The Morgan fingerprint density at radius 3 is 2.94 bits per heavy atom. The molecule has 1 N–H and O–H groups in total. The third kappa shape index (κ3) is 2.67. The van der Waals surface area contributed by atoms with E-state index in [9.17, 15) is 14.0 Å². The molecular formula is C13H13FNO3. The van der Waals surface area contributed by atoms with Crippen molar-refractivity contribution in [3.05, 3.63) is 35.6 Å². The fourth-order valence-electron chi connectivity index (χ4n) is 2.12. The van der Waals surface area contributed by atoms with E-state index in [1.807, 2.05) is 0 Å². The third-order valence-corrected chi connectivity index (χ3v) is 3.07. The normalized spacial score (nSPS) is 19.6. The lowest BCUT2D eigenvalue weighted by atomic mass is 9.97. The molecule has 1 heterocycles. The van der Waals surface area contributed by atoms with Crippen molar-refractivity contribution in [1.29, 1.82) is 0 Å². The Morgan fingerprint density at radius 2 is 2.28 bits per heavy atom. The van der Waals surface area contributed by atoms with Gasteiger partial charge in [-0.05, 0) is 25.0 Å². The molecule has 1 aliphatic rings. The van der Waals surface area contributed by atoms with Crippen molar-refractivity contribution in [3.63, 3.8) is 0 Å². The Morgan fingerprint density at radius 1 is 1.50 bits per heavy atom. The van der Waals surface area contributed by atoms with Gasteiger partial charge in [-0.3, -0.25) is 9.59 Å². The van der Waals surface area contributed by atoms with Gasteiger partial charge in [-0.25, -0.2) is 4.39 Å². The van der Waals surface area contributed by atoms with E-state index in [4.69, 9.17) is 5.11 Å². The maximum absolute atomic E-state index is 13.0. The van der Waals surface area contributed by atoms with Crippen molar-refractivity contribution >= 4 is 11.9 Å². The minimum Gasteiger partial charge on any atom is -0.481 e. The molecule has 1 atom stereocenters. The minimum atomic E-state index is -0.889. The number of carbonyl (C=O) groups is 2. The number of likely N-dealkylation sites (tertiary alicyclic amines) is 1. The van der Waals surface area contributed by atoms with Gasteiger partial charge in [0.15, 0.2) is 0 Å². The highest BCUT2D eigenvalue weighted by Gasteiger charge is 2.28. The Labute approximate surface area is 104 Å². The molecule has 2 rings (SSSR count). The first-order chi connectivity index (χ1) is 8.58. The summed E-state index contributed by atoms with van der Waals surface area (Å²) in [6.07, 6.45) is 1.24. The summed E-state index contributed by atoms with van der Waals surface area (Å²) in [4.78, 5) is 24.5. The maximum Gasteiger partial charge on any atom is 0.308 e. The molecular weight excluding hydrogens is 237 g/mol. The van der Waals surface area contributed by atoms with Crippen LogP contribution in [0.4, 0.5) is 4.39 Å². The minimum absolute atomic E-state index is 0.189. The number of hydrogen-bond acceptors (Lipinski definition) is 2. The summed E-state index contributed by atoms with van der Waals surface area (Å²) in [5, 5.41) is 8.95. The molecule has 1 amide bonds. The van der Waals surface area contributed by atoms with Crippen LogP contribution >= 0.6 is 0 Å². The number of piperidine rings is 1. The van der Waals surface area contributed by atoms with Crippen molar-refractivity contribution in [2.75, 3.05) is 13.1 Å². The van der Waals surface area contributed by atoms with Crippen molar-refractivity contribution in [2.45, 2.75) is 12.8 Å². The van der Waals surface area contributed by atoms with E-state index in [0.29, 0.717) is 19.4 Å². The van der Waals surface area contributed by atoms with Crippen LogP contribution in [0.25, 0.3) is 0 Å². The van der Waals surface area contributed by atoms with E-state index in [0.717, 1.165) is 6.07 Å². The van der Waals surface area contributed by atoms with Gasteiger partial charge in [-0.2, -0.15) is 0 Å². The smallest absolute Gasteiger partial charge is 0.308 e. The van der Waals surface area contributed by atoms with Crippen LogP contribution in [0, 0.1) is 17.8 Å². The van der Waals surface area contributed by atoms with Gasteiger partial charge < -0.3 is 10.0 Å². The van der Waals surface area contributed by atoms with Crippen LogP contribution in [0.3, 0.4) is 0 Å². The maximum atomic E-state index is 13.0. The molecule has 0 aromatic heterocycles. The van der Waals surface area contributed by atoms with Gasteiger partial charge in [0.1, 0.15) is 5.82 Å². The molecule has 18 heavy (non-hydrogen) atoms. The lowest BCUT2D eigenvalue weighted by Gasteiger charge is -2.30. The second-order valence-electron chi connectivity index (χ2n) is 4.35. The second kappa shape index (κ2) is 5.16. The number of benzene rings is 1. The van der Waals surface area contributed by atoms with Crippen molar-refractivity contribution in [1.82, 2.24) is 4.90 Å². The summed E-state index contributed by atoms with van der Waals surface area (Å²) in [6.45, 7) is 0.706. The van der Waals surface area contributed by atoms with E-state index in [1.165, 1.54) is 17.0 Å². The largest absolute Gasteiger partial charge is 0.481 e. The summed E-state index contributed by atoms with van der Waals surface area (Å²) in [5.41, 5.74) is 0.234. The van der Waals surface area contributed by atoms with E-state index < -0.39 is 17.7 Å². The van der Waals surface area contributed by atoms with Crippen LogP contribution < -0.4 is 0 Å². The van der Waals surface area contributed by atoms with Crippen LogP contribution in [0.2, 0.25) is 0 Å². The Kier molecular flexibility index (Phi) is 3.60. The zero-order chi connectivity index (χ0) is 13.1. The molecule has 1 saturated heterocycles. The second-order valence-corrected chi connectivity index (χ2v) is 4.35. The lowest BCUT2D eigenvalue weighted by molar-refractivity contribution is -0.143. The molecule has 1 aliphatic heterocycles. The van der Waals surface area contributed by atoms with Crippen molar-refractivity contribution < 1.29 is 19.1 Å². The topological polar surface area (TPSA) is 57.6 Å². The number of nitrogens with zero attached hydrogens (tertiary/aromatic N) is 1. The van der Waals surface area contributed by atoms with Gasteiger partial charge in [0.05, 0.1) is 5.92 Å². The number of rotatable bonds is 2. The summed E-state index contributed by atoms with van der Waals surface area (Å²) < 4.78 is 13.0. The molecule has 1 aromatic rings. The van der Waals surface area contributed by atoms with E-state index in [2.05, 4.69) is 6.07 Å². The highest BCUT2D eigenvalue weighted by atomic mass is 19.1. The predicted molar refractivity (Wildman–Crippen MR) is 61.5 cm³/mol. The fourth-order valence-corrected chi connectivity index (χ4v) is 2.12. The van der Waals surface area contributed by atoms with Crippen LogP contribution in [0.5, 0.6) is 0 Å². The molecule has 4 nitrogen and oxygen atoms in total. The Bertz CT molecular complexity index is 475. The molecule has 0 aliphatic carbocycles. The summed E-state index contributed by atoms with van der Waals surface area (Å²) in [6, 6.07) is 6.27. The first-order valence-corrected chi connectivity index (χ1v) is 5.77. The van der Waals surface area contributed by atoms with Gasteiger partial charge in [0, 0.05) is 24.7 Å². The zero-order valence-electron chi connectivity index (χ0n) is 9.73. The monoisotopic (exact) mass is 250 g/mol. The Balaban J connectivity index is 2.11. The highest BCUT2D eigenvalue weighted by molar-refractivity contribution is 5.94. The van der Waals surface area contributed by atoms with E-state index in [-0.39, 0.29) is 18.0 Å². The van der Waals surface area contributed by atoms with Gasteiger partial charge in [-0.1, -0.05) is 6.07 Å². The van der Waals surface area contributed by atoms with E-state index >= 15 is 0 Å². The Hall–Kier alpha value is -1.91. The summed E-state index contributed by atoms with van der Waals surface area (Å²) in [7, 11) is 0. The highest BCUT2D eigenvalue weighted by Crippen LogP contribution is 2.19. The van der Waals surface area contributed by atoms with Crippen molar-refractivity contribution in [3.8, 4) is 0 Å². The van der Waals surface area contributed by atoms with Gasteiger partial charge in [-0.15, -0.1) is 0 Å². The quantitative estimate of drug-likeness (QED) is 0.866. The van der Waals surface area contributed by atoms with Crippen LogP contribution in [-0.2, 0) is 4.79 Å². The molecule has 1 radical (unpaired) electrons. The number of hydrogen-bond donors (Lipinski definition) is 1. The van der Waals surface area contributed by atoms with Crippen LogP contribution in [0.15, 0.2) is 18.2 Å². The van der Waals surface area contributed by atoms with Crippen LogP contribution in [0.1, 0.15) is 23.2 Å². The summed E-state index contributed by atoms with van der Waals surface area (Å²) in [5.74, 6) is -2.33. The number of amides is 1. The molecule has 5 heteroatoms. The third-order valence-electron chi connectivity index (χ3n) is 3.07. The number of carboxylic acids is 1. The number of carboxylic acid groups (broad SMARTS) is 1. The molecule has 1 aromatic carbocycles. The first-order valence-electron chi connectivity index (χ1n) is 5.77. The molecule has 0 bridgehead atoms. The molecule has 95 valence electrons. The first kappa shape index (κ1) is 12.5. The van der Waals surface area contributed by atoms with Gasteiger partial charge >= 0.3 is 5.97 Å². The number of carbonyl (C=O) groups excluding carboxylic acids is 1. The average Bonchev–Trinajstić information content (AvgIpc) is 2.38. The molecule has 1 unspecified atom stereocenters. The van der Waals surface area contributed by atoms with Gasteiger partial charge in [0.2, 0.25) is 0 Å². The SMILES string of the molecule is O=C(O)C1CCCN(C(=O)c2cc[c]c(F)c2)C1.